The molecule has 1 saturated heterocycles. The van der Waals surface area contributed by atoms with Crippen LogP contribution in [0.5, 0.6) is 0 Å². The average molecular weight is 290 g/mol. The Balaban J connectivity index is 2.33. The molecule has 2 N–H and O–H groups in total. The van der Waals surface area contributed by atoms with Crippen LogP contribution in [0.2, 0.25) is 0 Å². The molecule has 0 amide bonds. The summed E-state index contributed by atoms with van der Waals surface area (Å²) in [6.07, 6.45) is 4.19. The van der Waals surface area contributed by atoms with Crippen molar-refractivity contribution < 1.29 is 9.94 Å². The summed E-state index contributed by atoms with van der Waals surface area (Å²) in [5, 5.41) is 8.72. The lowest BCUT2D eigenvalue weighted by molar-refractivity contribution is -0.0349. The lowest BCUT2D eigenvalue weighted by atomic mass is 10.2. The minimum Gasteiger partial charge on any atom is -0.358 e. The highest BCUT2D eigenvalue weighted by atomic mass is 79.9. The molecule has 1 aliphatic rings. The quantitative estimate of drug-likeness (QED) is 0.807. The molecule has 0 saturated carbocycles. The number of halogens is 1. The summed E-state index contributed by atoms with van der Waals surface area (Å²) in [6, 6.07) is 0. The van der Waals surface area contributed by atoms with Gasteiger partial charge in [0.05, 0.1) is 4.47 Å². The lowest BCUT2D eigenvalue weighted by Crippen LogP contribution is -2.30. The molecule has 6 nitrogen and oxygen atoms in total. The second-order valence-electron chi connectivity index (χ2n) is 3.56. The first-order valence-corrected chi connectivity index (χ1v) is 5.82. The summed E-state index contributed by atoms with van der Waals surface area (Å²) in [7, 11) is 0. The molecule has 2 heterocycles. The molecule has 88 valence electrons. The van der Waals surface area contributed by atoms with E-state index in [0.717, 1.165) is 19.3 Å². The standard InChI is InChI=1S/C9H12BrN3O3/c10-6-5-13(7-3-1-2-4-16-7)9(14)11-8(6)12-15/h5,7,15H,1-4H2,(H,11,12,14)/t7-/m1/s1. The molecule has 7 heteroatoms. The Hall–Kier alpha value is -0.920. The molecular weight excluding hydrogens is 278 g/mol. The zero-order chi connectivity index (χ0) is 11.5. The normalized spacial score (nSPS) is 20.8. The van der Waals surface area contributed by atoms with Crippen LogP contribution in [0.4, 0.5) is 5.82 Å². The number of rotatable bonds is 2. The fourth-order valence-corrected chi connectivity index (χ4v) is 2.07. The summed E-state index contributed by atoms with van der Waals surface area (Å²) in [4.78, 5) is 15.3. The van der Waals surface area contributed by atoms with Gasteiger partial charge in [0.25, 0.3) is 0 Å². The summed E-state index contributed by atoms with van der Waals surface area (Å²) in [6.45, 7) is 0.661. The van der Waals surface area contributed by atoms with Crippen LogP contribution in [0.25, 0.3) is 0 Å². The summed E-state index contributed by atoms with van der Waals surface area (Å²) < 4.78 is 7.44. The Morgan fingerprint density at radius 3 is 3.06 bits per heavy atom. The van der Waals surface area contributed by atoms with Crippen LogP contribution in [-0.4, -0.2) is 21.4 Å². The number of nitrogens with zero attached hydrogens (tertiary/aromatic N) is 2. The van der Waals surface area contributed by atoms with Crippen molar-refractivity contribution in [3.63, 3.8) is 0 Å². The molecule has 2 rings (SSSR count). The number of nitrogens with one attached hydrogen (secondary N) is 1. The van der Waals surface area contributed by atoms with Crippen molar-refractivity contribution in [2.24, 2.45) is 0 Å². The highest BCUT2D eigenvalue weighted by Gasteiger charge is 2.18. The van der Waals surface area contributed by atoms with E-state index in [1.807, 2.05) is 5.48 Å². The molecule has 1 aromatic rings. The maximum atomic E-state index is 11.7. The van der Waals surface area contributed by atoms with E-state index < -0.39 is 5.69 Å². The van der Waals surface area contributed by atoms with Crippen molar-refractivity contribution in [1.29, 1.82) is 0 Å². The van der Waals surface area contributed by atoms with Crippen LogP contribution in [0.15, 0.2) is 15.5 Å². The minimum atomic E-state index is -0.438. The van der Waals surface area contributed by atoms with Crippen molar-refractivity contribution in [3.05, 3.63) is 21.2 Å². The zero-order valence-corrected chi connectivity index (χ0v) is 10.1. The van der Waals surface area contributed by atoms with Gasteiger partial charge in [-0.15, -0.1) is 0 Å². The van der Waals surface area contributed by atoms with Crippen LogP contribution < -0.4 is 11.2 Å². The van der Waals surface area contributed by atoms with E-state index in [0.29, 0.717) is 11.1 Å². The average Bonchev–Trinajstić information content (AvgIpc) is 2.32. The fourth-order valence-electron chi connectivity index (χ4n) is 1.67. The summed E-state index contributed by atoms with van der Waals surface area (Å²) in [5.41, 5.74) is 1.42. The number of aromatic nitrogens is 2. The van der Waals surface area contributed by atoms with Gasteiger partial charge in [-0.1, -0.05) is 0 Å². The predicted octanol–water partition coefficient (Wildman–Crippen LogP) is 1.51. The Morgan fingerprint density at radius 1 is 1.62 bits per heavy atom. The maximum absolute atomic E-state index is 11.7. The SMILES string of the molecule is O=c1nc(NO)c(Br)cn1[C@H]1CCCCO1. The van der Waals surface area contributed by atoms with Crippen LogP contribution in [0, 0.1) is 0 Å². The largest absolute Gasteiger partial charge is 0.358 e. The van der Waals surface area contributed by atoms with Crippen LogP contribution in [0.1, 0.15) is 25.5 Å². The van der Waals surface area contributed by atoms with Gasteiger partial charge in [0, 0.05) is 12.8 Å². The Kier molecular flexibility index (Phi) is 3.57. The van der Waals surface area contributed by atoms with Gasteiger partial charge in [0.2, 0.25) is 0 Å². The second-order valence-corrected chi connectivity index (χ2v) is 4.41. The van der Waals surface area contributed by atoms with Gasteiger partial charge >= 0.3 is 5.69 Å². The van der Waals surface area contributed by atoms with Crippen molar-refractivity contribution >= 4 is 21.7 Å². The Bertz CT molecular complexity index is 428. The van der Waals surface area contributed by atoms with Gasteiger partial charge < -0.3 is 4.74 Å². The number of hydrogen-bond acceptors (Lipinski definition) is 5. The molecule has 1 aromatic heterocycles. The molecule has 0 radical (unpaired) electrons. The van der Waals surface area contributed by atoms with Crippen molar-refractivity contribution in [2.75, 3.05) is 12.1 Å². The summed E-state index contributed by atoms with van der Waals surface area (Å²) >= 11 is 3.21. The monoisotopic (exact) mass is 289 g/mol. The third-order valence-corrected chi connectivity index (χ3v) is 3.06. The predicted molar refractivity (Wildman–Crippen MR) is 60.4 cm³/mol. The fraction of sp³-hybridized carbons (Fsp3) is 0.556. The number of ether oxygens (including phenoxy) is 1. The van der Waals surface area contributed by atoms with Crippen LogP contribution in [0.3, 0.4) is 0 Å². The Morgan fingerprint density at radius 2 is 2.44 bits per heavy atom. The number of hydrogen-bond donors (Lipinski definition) is 2. The van der Waals surface area contributed by atoms with Gasteiger partial charge in [0.1, 0.15) is 6.23 Å². The van der Waals surface area contributed by atoms with E-state index >= 15 is 0 Å². The first-order chi connectivity index (χ1) is 7.72. The van der Waals surface area contributed by atoms with E-state index in [2.05, 4.69) is 20.9 Å². The topological polar surface area (TPSA) is 76.4 Å². The molecule has 1 aliphatic heterocycles. The van der Waals surface area contributed by atoms with Crippen molar-refractivity contribution in [3.8, 4) is 0 Å². The molecule has 1 fully saturated rings. The van der Waals surface area contributed by atoms with Gasteiger partial charge in [-0.25, -0.2) is 4.79 Å². The molecule has 0 aromatic carbocycles. The van der Waals surface area contributed by atoms with Crippen molar-refractivity contribution in [1.82, 2.24) is 9.55 Å². The molecule has 0 aliphatic carbocycles. The highest BCUT2D eigenvalue weighted by molar-refractivity contribution is 9.10. The van der Waals surface area contributed by atoms with E-state index in [-0.39, 0.29) is 12.0 Å². The maximum Gasteiger partial charge on any atom is 0.351 e. The van der Waals surface area contributed by atoms with Crippen LogP contribution in [-0.2, 0) is 4.74 Å². The molecule has 0 spiro atoms. The first kappa shape index (κ1) is 11.6. The number of anilines is 1. The van der Waals surface area contributed by atoms with E-state index in [1.54, 1.807) is 6.20 Å². The van der Waals surface area contributed by atoms with Crippen molar-refractivity contribution in [2.45, 2.75) is 25.5 Å². The smallest absolute Gasteiger partial charge is 0.351 e. The van der Waals surface area contributed by atoms with Crippen LogP contribution >= 0.6 is 15.9 Å². The first-order valence-electron chi connectivity index (χ1n) is 5.03. The van der Waals surface area contributed by atoms with Gasteiger partial charge in [-0.05, 0) is 35.2 Å². The second kappa shape index (κ2) is 4.94. The lowest BCUT2D eigenvalue weighted by Gasteiger charge is -2.24. The van der Waals surface area contributed by atoms with Gasteiger partial charge in [0.15, 0.2) is 5.82 Å². The molecular formula is C9H12BrN3O3. The minimum absolute atomic E-state index is 0.108. The van der Waals surface area contributed by atoms with E-state index in [9.17, 15) is 4.79 Å². The molecule has 1 atom stereocenters. The highest BCUT2D eigenvalue weighted by Crippen LogP contribution is 2.23. The zero-order valence-electron chi connectivity index (χ0n) is 8.52. The Labute approximate surface area is 100 Å². The summed E-state index contributed by atoms with van der Waals surface area (Å²) in [5.74, 6) is 0.108. The van der Waals surface area contributed by atoms with E-state index in [1.165, 1.54) is 4.57 Å². The third-order valence-electron chi connectivity index (χ3n) is 2.48. The molecule has 0 bridgehead atoms. The van der Waals surface area contributed by atoms with Gasteiger partial charge in [-0.3, -0.25) is 15.3 Å². The molecule has 16 heavy (non-hydrogen) atoms. The molecule has 0 unspecified atom stereocenters. The van der Waals surface area contributed by atoms with E-state index in [4.69, 9.17) is 9.94 Å². The third kappa shape index (κ3) is 2.26. The van der Waals surface area contributed by atoms with Gasteiger partial charge in [-0.2, -0.15) is 4.98 Å².